The summed E-state index contributed by atoms with van der Waals surface area (Å²) in [6.07, 6.45) is 3.56. The molecule has 1 aromatic carbocycles. The fourth-order valence-electron chi connectivity index (χ4n) is 2.74. The minimum atomic E-state index is 0.465. The lowest BCUT2D eigenvalue weighted by atomic mass is 9.84. The van der Waals surface area contributed by atoms with Crippen molar-refractivity contribution in [3.05, 3.63) is 35.4 Å². The Morgan fingerprint density at radius 1 is 1.33 bits per heavy atom. The van der Waals surface area contributed by atoms with E-state index in [2.05, 4.69) is 54.0 Å². The van der Waals surface area contributed by atoms with Crippen LogP contribution in [0.1, 0.15) is 42.6 Å². The van der Waals surface area contributed by atoms with Gasteiger partial charge in [-0.2, -0.15) is 0 Å². The van der Waals surface area contributed by atoms with Crippen LogP contribution in [0.3, 0.4) is 0 Å². The molecule has 1 fully saturated rings. The van der Waals surface area contributed by atoms with E-state index in [1.54, 1.807) is 0 Å². The molecular formula is C16H23BrO. The van der Waals surface area contributed by atoms with Gasteiger partial charge in [0.25, 0.3) is 0 Å². The van der Waals surface area contributed by atoms with E-state index in [-0.39, 0.29) is 0 Å². The van der Waals surface area contributed by atoms with Crippen molar-refractivity contribution in [3.63, 3.8) is 0 Å². The van der Waals surface area contributed by atoms with Crippen LogP contribution < -0.4 is 0 Å². The van der Waals surface area contributed by atoms with Crippen LogP contribution in [0, 0.1) is 11.8 Å². The van der Waals surface area contributed by atoms with E-state index in [0.29, 0.717) is 16.7 Å². The van der Waals surface area contributed by atoms with Crippen LogP contribution in [-0.4, -0.2) is 13.2 Å². The molecule has 1 aliphatic rings. The quantitative estimate of drug-likeness (QED) is 0.729. The number of alkyl halides is 1. The summed E-state index contributed by atoms with van der Waals surface area (Å²) >= 11 is 3.90. The molecule has 0 aliphatic carbocycles. The first-order valence-electron chi connectivity index (χ1n) is 7.03. The van der Waals surface area contributed by atoms with Crippen LogP contribution in [0.2, 0.25) is 0 Å². The molecular weight excluding hydrogens is 288 g/mol. The van der Waals surface area contributed by atoms with Gasteiger partial charge in [0.1, 0.15) is 0 Å². The van der Waals surface area contributed by atoms with Gasteiger partial charge in [0.05, 0.1) is 0 Å². The molecule has 0 radical (unpaired) electrons. The first-order valence-corrected chi connectivity index (χ1v) is 7.94. The van der Waals surface area contributed by atoms with Crippen molar-refractivity contribution in [1.82, 2.24) is 0 Å². The summed E-state index contributed by atoms with van der Waals surface area (Å²) in [6, 6.07) is 9.12. The first-order chi connectivity index (χ1) is 8.72. The Labute approximate surface area is 119 Å². The lowest BCUT2D eigenvalue weighted by Crippen LogP contribution is -2.28. The van der Waals surface area contributed by atoms with Crippen molar-refractivity contribution in [3.8, 4) is 0 Å². The summed E-state index contributed by atoms with van der Waals surface area (Å²) in [5.74, 6) is 1.33. The van der Waals surface area contributed by atoms with E-state index in [9.17, 15) is 0 Å². The van der Waals surface area contributed by atoms with Crippen LogP contribution in [0.4, 0.5) is 0 Å². The molecule has 0 amide bonds. The predicted octanol–water partition coefficient (Wildman–Crippen LogP) is 4.75. The molecule has 1 saturated heterocycles. The lowest BCUT2D eigenvalue weighted by Gasteiger charge is -2.32. The van der Waals surface area contributed by atoms with Crippen LogP contribution in [0.15, 0.2) is 24.3 Å². The van der Waals surface area contributed by atoms with Gasteiger partial charge >= 0.3 is 0 Å². The van der Waals surface area contributed by atoms with Crippen molar-refractivity contribution >= 4 is 15.9 Å². The Hall–Kier alpha value is -0.340. The average Bonchev–Trinajstić information content (AvgIpc) is 2.40. The largest absolute Gasteiger partial charge is 0.381 e. The maximum atomic E-state index is 5.53. The number of rotatable bonds is 4. The normalized spacial score (nSPS) is 25.9. The van der Waals surface area contributed by atoms with Gasteiger partial charge in [-0.3, -0.25) is 0 Å². The summed E-state index contributed by atoms with van der Waals surface area (Å²) in [5, 5.41) is 0. The van der Waals surface area contributed by atoms with E-state index >= 15 is 0 Å². The molecule has 3 unspecified atom stereocenters. The van der Waals surface area contributed by atoms with Gasteiger partial charge in [-0.25, -0.2) is 0 Å². The van der Waals surface area contributed by atoms with Crippen molar-refractivity contribution < 1.29 is 4.74 Å². The summed E-state index contributed by atoms with van der Waals surface area (Å²) in [7, 11) is 0. The monoisotopic (exact) mass is 310 g/mol. The molecule has 1 nitrogen and oxygen atoms in total. The summed E-state index contributed by atoms with van der Waals surface area (Å²) in [6.45, 7) is 6.33. The molecule has 0 bridgehead atoms. The zero-order valence-electron chi connectivity index (χ0n) is 11.4. The standard InChI is InChI=1S/C16H23BrO/c1-3-4-13-5-7-14(8-6-13)16(17)15-9-10-18-11-12(15)2/h5-8,12,15-16H,3-4,9-11H2,1-2H3. The van der Waals surface area contributed by atoms with E-state index < -0.39 is 0 Å². The van der Waals surface area contributed by atoms with Gasteiger partial charge in [-0.1, -0.05) is 60.5 Å². The van der Waals surface area contributed by atoms with Crippen molar-refractivity contribution in [2.24, 2.45) is 11.8 Å². The second-order valence-corrected chi connectivity index (χ2v) is 6.38. The Morgan fingerprint density at radius 3 is 2.67 bits per heavy atom. The van der Waals surface area contributed by atoms with Gasteiger partial charge in [-0.15, -0.1) is 0 Å². The third kappa shape index (κ3) is 3.36. The number of ether oxygens (including phenoxy) is 1. The van der Waals surface area contributed by atoms with Gasteiger partial charge in [0.2, 0.25) is 0 Å². The number of aryl methyl sites for hydroxylation is 1. The predicted molar refractivity (Wildman–Crippen MR) is 80.2 cm³/mol. The van der Waals surface area contributed by atoms with Crippen LogP contribution >= 0.6 is 15.9 Å². The average molecular weight is 311 g/mol. The molecule has 2 heteroatoms. The summed E-state index contributed by atoms with van der Waals surface area (Å²) in [4.78, 5) is 0.465. The SMILES string of the molecule is CCCc1ccc(C(Br)C2CCOCC2C)cc1. The minimum Gasteiger partial charge on any atom is -0.381 e. The van der Waals surface area contributed by atoms with E-state index in [4.69, 9.17) is 4.74 Å². The minimum absolute atomic E-state index is 0.465. The third-order valence-electron chi connectivity index (χ3n) is 3.92. The highest BCUT2D eigenvalue weighted by Gasteiger charge is 2.28. The highest BCUT2D eigenvalue weighted by atomic mass is 79.9. The molecule has 18 heavy (non-hydrogen) atoms. The Morgan fingerprint density at radius 2 is 2.06 bits per heavy atom. The maximum Gasteiger partial charge on any atom is 0.0494 e. The van der Waals surface area contributed by atoms with Gasteiger partial charge in [0, 0.05) is 18.0 Å². The lowest BCUT2D eigenvalue weighted by molar-refractivity contribution is 0.0241. The van der Waals surface area contributed by atoms with Gasteiger partial charge in [0.15, 0.2) is 0 Å². The van der Waals surface area contributed by atoms with Crippen molar-refractivity contribution in [1.29, 1.82) is 0 Å². The van der Waals surface area contributed by atoms with Gasteiger partial charge < -0.3 is 4.74 Å². The highest BCUT2D eigenvalue weighted by Crippen LogP contribution is 2.39. The molecule has 1 heterocycles. The highest BCUT2D eigenvalue weighted by molar-refractivity contribution is 9.09. The summed E-state index contributed by atoms with van der Waals surface area (Å²) in [5.41, 5.74) is 2.86. The molecule has 0 saturated carbocycles. The maximum absolute atomic E-state index is 5.53. The number of hydrogen-bond acceptors (Lipinski definition) is 1. The molecule has 1 aromatic rings. The Balaban J connectivity index is 2.05. The van der Waals surface area contributed by atoms with Crippen LogP contribution in [0.25, 0.3) is 0 Å². The molecule has 0 spiro atoms. The molecule has 100 valence electrons. The fourth-order valence-corrected chi connectivity index (χ4v) is 3.83. The number of benzene rings is 1. The zero-order chi connectivity index (χ0) is 13.0. The second kappa shape index (κ2) is 6.72. The molecule has 1 aliphatic heterocycles. The van der Waals surface area contributed by atoms with E-state index in [0.717, 1.165) is 19.6 Å². The summed E-state index contributed by atoms with van der Waals surface area (Å²) < 4.78 is 5.53. The second-order valence-electron chi connectivity index (χ2n) is 5.40. The fraction of sp³-hybridized carbons (Fsp3) is 0.625. The molecule has 0 N–H and O–H groups in total. The third-order valence-corrected chi connectivity index (χ3v) is 5.13. The van der Waals surface area contributed by atoms with Gasteiger partial charge in [-0.05, 0) is 35.8 Å². The topological polar surface area (TPSA) is 9.23 Å². The Kier molecular flexibility index (Phi) is 5.25. The van der Waals surface area contributed by atoms with E-state index in [1.807, 2.05) is 0 Å². The molecule has 2 rings (SSSR count). The molecule has 0 aromatic heterocycles. The molecule has 3 atom stereocenters. The van der Waals surface area contributed by atoms with Crippen LogP contribution in [0.5, 0.6) is 0 Å². The first kappa shape index (κ1) is 14.1. The van der Waals surface area contributed by atoms with Crippen molar-refractivity contribution in [2.45, 2.75) is 37.9 Å². The number of hydrogen-bond donors (Lipinski definition) is 0. The zero-order valence-corrected chi connectivity index (χ0v) is 12.9. The van der Waals surface area contributed by atoms with Crippen LogP contribution in [-0.2, 0) is 11.2 Å². The van der Waals surface area contributed by atoms with Crippen molar-refractivity contribution in [2.75, 3.05) is 13.2 Å². The smallest absolute Gasteiger partial charge is 0.0494 e. The Bertz CT molecular complexity index is 360. The number of halogens is 1. The van der Waals surface area contributed by atoms with E-state index in [1.165, 1.54) is 24.0 Å².